The third kappa shape index (κ3) is 3.66. The van der Waals surface area contributed by atoms with Gasteiger partial charge in [0.2, 0.25) is 5.91 Å². The number of H-pyrrole nitrogens is 1. The van der Waals surface area contributed by atoms with Crippen LogP contribution in [0.5, 0.6) is 0 Å². The van der Waals surface area contributed by atoms with Crippen LogP contribution in [0.15, 0.2) is 42.3 Å². The molecule has 1 aromatic heterocycles. The summed E-state index contributed by atoms with van der Waals surface area (Å²) < 4.78 is 0. The van der Waals surface area contributed by atoms with Gasteiger partial charge in [-0.2, -0.15) is 0 Å². The molecule has 1 heterocycles. The third-order valence-electron chi connectivity index (χ3n) is 2.47. The van der Waals surface area contributed by atoms with Gasteiger partial charge in [0.1, 0.15) is 12.2 Å². The van der Waals surface area contributed by atoms with Crippen molar-refractivity contribution in [2.45, 2.75) is 6.92 Å². The Hall–Kier alpha value is -2.14. The zero-order valence-corrected chi connectivity index (χ0v) is 11.5. The summed E-state index contributed by atoms with van der Waals surface area (Å²) in [6, 6.07) is 7.72. The Morgan fingerprint density at radius 1 is 1.42 bits per heavy atom. The molecule has 0 atom stereocenters. The van der Waals surface area contributed by atoms with Gasteiger partial charge in [0, 0.05) is 23.6 Å². The number of thiazole rings is 1. The normalized spacial score (nSPS) is 9.95. The second-order valence-corrected chi connectivity index (χ2v) is 4.91. The number of carbonyl (C=O) groups excluding carboxylic acids is 1. The van der Waals surface area contributed by atoms with Crippen LogP contribution in [-0.4, -0.2) is 12.5 Å². The number of hydrogen-bond acceptors (Lipinski definition) is 3. The van der Waals surface area contributed by atoms with E-state index in [0.29, 0.717) is 0 Å². The number of nitrogens with one attached hydrogen (secondary N) is 3. The van der Waals surface area contributed by atoms with Crippen LogP contribution in [0.4, 0.5) is 10.8 Å². The molecule has 0 saturated carbocycles. The summed E-state index contributed by atoms with van der Waals surface area (Å²) in [5.41, 5.74) is 2.93. The Labute approximate surface area is 116 Å². The molecule has 0 aliphatic heterocycles. The van der Waals surface area contributed by atoms with Crippen molar-refractivity contribution >= 4 is 28.1 Å². The van der Waals surface area contributed by atoms with Gasteiger partial charge in [0.25, 0.3) is 0 Å². The Kier molecular flexibility index (Phi) is 4.30. The first-order valence-corrected chi connectivity index (χ1v) is 6.80. The number of aromatic amines is 1. The molecular weight excluding hydrogens is 258 g/mol. The van der Waals surface area contributed by atoms with Gasteiger partial charge in [-0.05, 0) is 24.3 Å². The Balaban J connectivity index is 2.10. The van der Waals surface area contributed by atoms with Crippen LogP contribution in [0.3, 0.4) is 0 Å². The minimum Gasteiger partial charge on any atom is -0.326 e. The number of rotatable bonds is 5. The van der Waals surface area contributed by atoms with Crippen molar-refractivity contribution in [3.05, 3.63) is 42.3 Å². The van der Waals surface area contributed by atoms with E-state index in [4.69, 9.17) is 0 Å². The van der Waals surface area contributed by atoms with Crippen molar-refractivity contribution in [1.29, 1.82) is 0 Å². The van der Waals surface area contributed by atoms with Gasteiger partial charge >= 0.3 is 5.13 Å². The van der Waals surface area contributed by atoms with E-state index in [2.05, 4.69) is 27.6 Å². The van der Waals surface area contributed by atoms with Crippen LogP contribution in [0.2, 0.25) is 0 Å². The standard InChI is InChI=1S/C14H15N3OS/c1-3-8-15-14-17-13(9-19-14)11-4-6-12(7-5-11)16-10(2)18/h3-7,9H,1,8H2,2H3,(H,15,17)(H,16,18)/p+1. The van der Waals surface area contributed by atoms with E-state index >= 15 is 0 Å². The number of carbonyl (C=O) groups is 1. The molecule has 3 N–H and O–H groups in total. The maximum Gasteiger partial charge on any atom is 0.332 e. The summed E-state index contributed by atoms with van der Waals surface area (Å²) in [5.74, 6) is -0.0641. The first-order chi connectivity index (χ1) is 9.19. The van der Waals surface area contributed by atoms with Crippen molar-refractivity contribution in [3.63, 3.8) is 0 Å². The van der Waals surface area contributed by atoms with Gasteiger partial charge in [0.05, 0.1) is 0 Å². The molecule has 0 bridgehead atoms. The number of anilines is 2. The van der Waals surface area contributed by atoms with Crippen molar-refractivity contribution in [2.75, 3.05) is 17.2 Å². The van der Waals surface area contributed by atoms with Crippen molar-refractivity contribution in [1.82, 2.24) is 0 Å². The molecule has 0 saturated heterocycles. The molecule has 0 fully saturated rings. The van der Waals surface area contributed by atoms with Crippen molar-refractivity contribution < 1.29 is 9.78 Å². The van der Waals surface area contributed by atoms with Crippen LogP contribution < -0.4 is 15.6 Å². The first-order valence-electron chi connectivity index (χ1n) is 5.92. The summed E-state index contributed by atoms with van der Waals surface area (Å²) in [7, 11) is 0. The highest BCUT2D eigenvalue weighted by Crippen LogP contribution is 2.22. The minimum absolute atomic E-state index is 0.0641. The van der Waals surface area contributed by atoms with Gasteiger partial charge in [-0.15, -0.1) is 0 Å². The van der Waals surface area contributed by atoms with E-state index < -0.39 is 0 Å². The zero-order valence-electron chi connectivity index (χ0n) is 10.7. The average Bonchev–Trinajstić information content (AvgIpc) is 2.85. The maximum absolute atomic E-state index is 10.9. The molecule has 0 aliphatic carbocycles. The molecule has 5 heteroatoms. The minimum atomic E-state index is -0.0641. The van der Waals surface area contributed by atoms with Gasteiger partial charge in [-0.3, -0.25) is 10.1 Å². The Morgan fingerprint density at radius 2 is 2.16 bits per heavy atom. The van der Waals surface area contributed by atoms with E-state index in [1.54, 1.807) is 11.3 Å². The van der Waals surface area contributed by atoms with Crippen LogP contribution in [0.25, 0.3) is 11.3 Å². The summed E-state index contributed by atoms with van der Waals surface area (Å²) in [6.45, 7) is 5.90. The zero-order chi connectivity index (χ0) is 13.7. The SMILES string of the molecule is C=CCNc1[nH+]c(-c2ccc(NC(C)=O)cc2)cs1. The third-order valence-corrected chi connectivity index (χ3v) is 3.30. The second kappa shape index (κ2) is 6.15. The van der Waals surface area contributed by atoms with Crippen LogP contribution >= 0.6 is 11.3 Å². The largest absolute Gasteiger partial charge is 0.332 e. The summed E-state index contributed by atoms with van der Waals surface area (Å²) in [4.78, 5) is 14.2. The summed E-state index contributed by atoms with van der Waals surface area (Å²) in [6.07, 6.45) is 1.81. The van der Waals surface area contributed by atoms with Gasteiger partial charge in [-0.25, -0.2) is 4.98 Å². The Morgan fingerprint density at radius 3 is 2.79 bits per heavy atom. The molecule has 0 aliphatic rings. The molecule has 98 valence electrons. The van der Waals surface area contributed by atoms with Crippen molar-refractivity contribution in [3.8, 4) is 11.3 Å². The quantitative estimate of drug-likeness (QED) is 0.824. The monoisotopic (exact) mass is 274 g/mol. The lowest BCUT2D eigenvalue weighted by atomic mass is 10.1. The highest BCUT2D eigenvalue weighted by molar-refractivity contribution is 7.13. The van der Waals surface area contributed by atoms with Crippen LogP contribution in [-0.2, 0) is 4.79 Å². The lowest BCUT2D eigenvalue weighted by Crippen LogP contribution is -2.10. The predicted molar refractivity (Wildman–Crippen MR) is 79.3 cm³/mol. The average molecular weight is 274 g/mol. The van der Waals surface area contributed by atoms with E-state index in [9.17, 15) is 4.79 Å². The lowest BCUT2D eigenvalue weighted by molar-refractivity contribution is -0.341. The number of amides is 1. The van der Waals surface area contributed by atoms with Crippen LogP contribution in [0.1, 0.15) is 6.92 Å². The van der Waals surface area contributed by atoms with E-state index in [-0.39, 0.29) is 5.91 Å². The molecular formula is C14H16N3OS+. The van der Waals surface area contributed by atoms with Crippen molar-refractivity contribution in [2.24, 2.45) is 0 Å². The predicted octanol–water partition coefficient (Wildman–Crippen LogP) is 2.79. The number of aromatic nitrogens is 1. The van der Waals surface area contributed by atoms with Gasteiger partial charge in [-0.1, -0.05) is 24.0 Å². The Bertz CT molecular complexity index is 575. The molecule has 0 radical (unpaired) electrons. The molecule has 19 heavy (non-hydrogen) atoms. The second-order valence-electron chi connectivity index (χ2n) is 4.03. The van der Waals surface area contributed by atoms with Gasteiger partial charge < -0.3 is 5.32 Å². The molecule has 0 unspecified atom stereocenters. The molecule has 2 aromatic rings. The highest BCUT2D eigenvalue weighted by atomic mass is 32.1. The maximum atomic E-state index is 10.9. The fourth-order valence-corrected chi connectivity index (χ4v) is 2.39. The van der Waals surface area contributed by atoms with Gasteiger partial charge in [0.15, 0.2) is 0 Å². The molecule has 4 nitrogen and oxygen atoms in total. The molecule has 0 spiro atoms. The molecule has 1 aromatic carbocycles. The highest BCUT2D eigenvalue weighted by Gasteiger charge is 2.08. The molecule has 2 rings (SSSR count). The fraction of sp³-hybridized carbons (Fsp3) is 0.143. The lowest BCUT2D eigenvalue weighted by Gasteiger charge is -2.01. The first kappa shape index (κ1) is 13.3. The van der Waals surface area contributed by atoms with E-state index in [1.807, 2.05) is 30.3 Å². The number of benzene rings is 1. The topological polar surface area (TPSA) is 55.3 Å². The fourth-order valence-electron chi connectivity index (χ4n) is 1.63. The van der Waals surface area contributed by atoms with Crippen LogP contribution in [0, 0.1) is 0 Å². The molecule has 1 amide bonds. The van der Waals surface area contributed by atoms with E-state index in [0.717, 1.165) is 28.6 Å². The number of hydrogen-bond donors (Lipinski definition) is 2. The summed E-state index contributed by atoms with van der Waals surface area (Å²) >= 11 is 1.61. The van der Waals surface area contributed by atoms with E-state index in [1.165, 1.54) is 6.92 Å². The smallest absolute Gasteiger partial charge is 0.326 e. The summed E-state index contributed by atoms with van der Waals surface area (Å²) in [5, 5.41) is 9.01.